The zero-order chi connectivity index (χ0) is 13.7. The van der Waals surface area contributed by atoms with Gasteiger partial charge in [0, 0.05) is 6.42 Å². The number of carboxylic acids is 1. The number of carboxylic acid groups (broad SMARTS) is 1. The molecule has 0 aromatic heterocycles. The molecule has 0 saturated carbocycles. The number of aliphatic carboxylic acids is 1. The van der Waals surface area contributed by atoms with Crippen LogP contribution in [-0.2, 0) is 4.79 Å². The van der Waals surface area contributed by atoms with Crippen LogP contribution >= 0.6 is 0 Å². The molecule has 0 fully saturated rings. The normalized spacial score (nSPS) is 9.24. The van der Waals surface area contributed by atoms with Crippen LogP contribution in [0.5, 0.6) is 0 Å². The van der Waals surface area contributed by atoms with Crippen molar-refractivity contribution in [3.63, 3.8) is 0 Å². The van der Waals surface area contributed by atoms with Gasteiger partial charge in [-0.05, 0) is 27.2 Å². The van der Waals surface area contributed by atoms with Crippen molar-refractivity contribution in [1.82, 2.24) is 0 Å². The van der Waals surface area contributed by atoms with E-state index in [0.29, 0.717) is 6.42 Å². The Labute approximate surface area is 104 Å². The smallest absolute Gasteiger partial charge is 0.303 e. The largest absolute Gasteiger partial charge is 0.481 e. The van der Waals surface area contributed by atoms with Crippen molar-refractivity contribution in [2.45, 2.75) is 46.1 Å². The predicted molar refractivity (Wildman–Crippen MR) is 71.0 cm³/mol. The lowest BCUT2D eigenvalue weighted by Gasteiger charge is -2.04. The van der Waals surface area contributed by atoms with Gasteiger partial charge in [-0.3, -0.25) is 4.79 Å². The molecular weight excluding hydrogens is 216 g/mol. The second-order valence-corrected chi connectivity index (χ2v) is 4.47. The standard InChI is InChI=1S/C6H6.C4H8O2.C4H10O/c1-2-4-6-5-3-1;1-2-3-4(5)6;1-4(2,3)5/h1-6H;2-3H2,1H3,(H,5,6);5H,1-3H3. The second kappa shape index (κ2) is 11.1. The van der Waals surface area contributed by atoms with E-state index in [9.17, 15) is 4.79 Å². The summed E-state index contributed by atoms with van der Waals surface area (Å²) in [6.07, 6.45) is 1.02. The summed E-state index contributed by atoms with van der Waals surface area (Å²) in [5, 5.41) is 16.4. The molecule has 0 saturated heterocycles. The fourth-order valence-corrected chi connectivity index (χ4v) is 0.599. The highest BCUT2D eigenvalue weighted by molar-refractivity contribution is 5.66. The van der Waals surface area contributed by atoms with Gasteiger partial charge in [0.25, 0.3) is 0 Å². The van der Waals surface area contributed by atoms with Crippen LogP contribution in [0, 0.1) is 0 Å². The van der Waals surface area contributed by atoms with Crippen molar-refractivity contribution in [2.24, 2.45) is 0 Å². The van der Waals surface area contributed by atoms with E-state index in [1.807, 2.05) is 43.3 Å². The molecule has 0 unspecified atom stereocenters. The number of hydrogen-bond acceptors (Lipinski definition) is 2. The third-order valence-electron chi connectivity index (χ3n) is 1.13. The topological polar surface area (TPSA) is 57.5 Å². The van der Waals surface area contributed by atoms with Gasteiger partial charge in [-0.25, -0.2) is 0 Å². The predicted octanol–water partition coefficient (Wildman–Crippen LogP) is 3.33. The number of rotatable bonds is 2. The maximum absolute atomic E-state index is 9.60. The molecule has 1 rings (SSSR count). The van der Waals surface area contributed by atoms with Crippen molar-refractivity contribution >= 4 is 5.97 Å². The van der Waals surface area contributed by atoms with E-state index in [2.05, 4.69) is 0 Å². The fourth-order valence-electron chi connectivity index (χ4n) is 0.599. The molecule has 1 aromatic rings. The highest BCUT2D eigenvalue weighted by Gasteiger charge is 1.97. The van der Waals surface area contributed by atoms with Gasteiger partial charge in [0.15, 0.2) is 0 Å². The first-order valence-electron chi connectivity index (χ1n) is 5.71. The SMILES string of the molecule is CC(C)(C)O.CCCC(=O)O.c1ccccc1. The molecule has 0 radical (unpaired) electrons. The van der Waals surface area contributed by atoms with E-state index in [1.54, 1.807) is 20.8 Å². The minimum Gasteiger partial charge on any atom is -0.481 e. The average Bonchev–Trinajstić information content (AvgIpc) is 2.18. The molecule has 17 heavy (non-hydrogen) atoms. The molecule has 98 valence electrons. The quantitative estimate of drug-likeness (QED) is 0.833. The van der Waals surface area contributed by atoms with Crippen molar-refractivity contribution in [3.05, 3.63) is 36.4 Å². The second-order valence-electron chi connectivity index (χ2n) is 4.47. The van der Waals surface area contributed by atoms with Crippen molar-refractivity contribution in [1.29, 1.82) is 0 Å². The van der Waals surface area contributed by atoms with Gasteiger partial charge >= 0.3 is 5.97 Å². The Hall–Kier alpha value is -1.35. The zero-order valence-corrected chi connectivity index (χ0v) is 11.2. The summed E-state index contributed by atoms with van der Waals surface area (Å²) in [5.74, 6) is -0.711. The van der Waals surface area contributed by atoms with Gasteiger partial charge in [-0.2, -0.15) is 0 Å². The molecule has 0 amide bonds. The third-order valence-corrected chi connectivity index (χ3v) is 1.13. The maximum atomic E-state index is 9.60. The number of aliphatic hydroxyl groups is 1. The van der Waals surface area contributed by atoms with Crippen molar-refractivity contribution < 1.29 is 15.0 Å². The van der Waals surface area contributed by atoms with E-state index in [-0.39, 0.29) is 0 Å². The molecular formula is C14H24O3. The molecule has 0 atom stereocenters. The van der Waals surface area contributed by atoms with E-state index in [1.165, 1.54) is 0 Å². The van der Waals surface area contributed by atoms with Crippen LogP contribution in [0.4, 0.5) is 0 Å². The Morgan fingerprint density at radius 1 is 1.00 bits per heavy atom. The summed E-state index contributed by atoms with van der Waals surface area (Å²) < 4.78 is 0. The lowest BCUT2D eigenvalue weighted by molar-refractivity contribution is -0.137. The minimum atomic E-state index is -0.711. The molecule has 0 aliphatic carbocycles. The van der Waals surface area contributed by atoms with Crippen LogP contribution in [0.1, 0.15) is 40.5 Å². The highest BCUT2D eigenvalue weighted by atomic mass is 16.4. The molecule has 3 nitrogen and oxygen atoms in total. The van der Waals surface area contributed by atoms with E-state index >= 15 is 0 Å². The first-order valence-corrected chi connectivity index (χ1v) is 5.71. The Balaban J connectivity index is 0. The van der Waals surface area contributed by atoms with Crippen LogP contribution < -0.4 is 0 Å². The fraction of sp³-hybridized carbons (Fsp3) is 0.500. The van der Waals surface area contributed by atoms with Gasteiger partial charge in [-0.1, -0.05) is 43.3 Å². The van der Waals surface area contributed by atoms with Crippen LogP contribution in [0.2, 0.25) is 0 Å². The Bertz CT molecular complexity index is 230. The summed E-state index contributed by atoms with van der Waals surface area (Å²) in [6.45, 7) is 7.07. The van der Waals surface area contributed by atoms with Crippen molar-refractivity contribution in [2.75, 3.05) is 0 Å². The van der Waals surface area contributed by atoms with E-state index in [4.69, 9.17) is 10.2 Å². The van der Waals surface area contributed by atoms with Crippen LogP contribution in [-0.4, -0.2) is 21.8 Å². The average molecular weight is 240 g/mol. The molecule has 0 spiro atoms. The summed E-state index contributed by atoms with van der Waals surface area (Å²) >= 11 is 0. The highest BCUT2D eigenvalue weighted by Crippen LogP contribution is 1.93. The third kappa shape index (κ3) is 40.1. The van der Waals surface area contributed by atoms with Gasteiger partial charge < -0.3 is 10.2 Å². The van der Waals surface area contributed by atoms with Gasteiger partial charge in [0.2, 0.25) is 0 Å². The van der Waals surface area contributed by atoms with Gasteiger partial charge in [-0.15, -0.1) is 0 Å². The molecule has 0 aliphatic heterocycles. The number of hydrogen-bond donors (Lipinski definition) is 2. The van der Waals surface area contributed by atoms with Crippen LogP contribution in [0.15, 0.2) is 36.4 Å². The summed E-state index contributed by atoms with van der Waals surface area (Å²) in [7, 11) is 0. The molecule has 3 heteroatoms. The Morgan fingerprint density at radius 3 is 1.29 bits per heavy atom. The molecule has 1 aromatic carbocycles. The van der Waals surface area contributed by atoms with Crippen LogP contribution in [0.3, 0.4) is 0 Å². The Morgan fingerprint density at radius 2 is 1.24 bits per heavy atom. The minimum absolute atomic E-state index is 0.292. The molecule has 2 N–H and O–H groups in total. The van der Waals surface area contributed by atoms with E-state index < -0.39 is 11.6 Å². The number of benzene rings is 1. The summed E-state index contributed by atoms with van der Waals surface area (Å²) in [5.41, 5.74) is -0.500. The monoisotopic (exact) mass is 240 g/mol. The van der Waals surface area contributed by atoms with Gasteiger partial charge in [0.05, 0.1) is 5.60 Å². The first-order chi connectivity index (χ1) is 7.77. The Kier molecular flexibility index (Phi) is 11.8. The summed E-state index contributed by atoms with van der Waals surface area (Å²) in [4.78, 5) is 9.60. The van der Waals surface area contributed by atoms with Gasteiger partial charge in [0.1, 0.15) is 0 Å². The molecule has 0 bridgehead atoms. The number of carbonyl (C=O) groups is 1. The zero-order valence-electron chi connectivity index (χ0n) is 11.2. The lowest BCUT2D eigenvalue weighted by Crippen LogP contribution is -2.10. The summed E-state index contributed by atoms with van der Waals surface area (Å²) in [6, 6.07) is 12.0. The molecule has 0 aliphatic rings. The maximum Gasteiger partial charge on any atom is 0.303 e. The van der Waals surface area contributed by atoms with Crippen molar-refractivity contribution in [3.8, 4) is 0 Å². The van der Waals surface area contributed by atoms with Crippen LogP contribution in [0.25, 0.3) is 0 Å². The van der Waals surface area contributed by atoms with E-state index in [0.717, 1.165) is 6.42 Å². The first kappa shape index (κ1) is 18.0. The lowest BCUT2D eigenvalue weighted by atomic mass is 10.2. The molecule has 0 heterocycles.